The summed E-state index contributed by atoms with van der Waals surface area (Å²) < 4.78 is 29.6. The Morgan fingerprint density at radius 3 is 2.18 bits per heavy atom. The van der Waals surface area contributed by atoms with Crippen LogP contribution < -0.4 is 9.62 Å². The van der Waals surface area contributed by atoms with Crippen LogP contribution >= 0.6 is 15.9 Å². The van der Waals surface area contributed by atoms with Gasteiger partial charge in [0, 0.05) is 16.6 Å². The zero-order valence-electron chi connectivity index (χ0n) is 22.3. The Morgan fingerprint density at radius 2 is 1.58 bits per heavy atom. The zero-order valence-corrected chi connectivity index (χ0v) is 24.7. The minimum absolute atomic E-state index is 0.0770. The Bertz CT molecular complexity index is 1390. The van der Waals surface area contributed by atoms with Crippen molar-refractivity contribution < 1.29 is 18.0 Å². The Morgan fingerprint density at radius 1 is 0.947 bits per heavy atom. The maximum Gasteiger partial charge on any atom is 0.264 e. The van der Waals surface area contributed by atoms with Gasteiger partial charge in [0.05, 0.1) is 10.6 Å². The van der Waals surface area contributed by atoms with Gasteiger partial charge in [0.15, 0.2) is 0 Å². The van der Waals surface area contributed by atoms with Crippen LogP contribution in [0.3, 0.4) is 0 Å². The minimum Gasteiger partial charge on any atom is -0.350 e. The molecule has 3 aromatic carbocycles. The van der Waals surface area contributed by atoms with E-state index >= 15 is 0 Å². The summed E-state index contributed by atoms with van der Waals surface area (Å²) in [5.41, 5.74) is 1.41. The number of amides is 2. The number of anilines is 1. The van der Waals surface area contributed by atoms with E-state index in [1.807, 2.05) is 51.1 Å². The number of nitrogens with zero attached hydrogens (tertiary/aromatic N) is 2. The van der Waals surface area contributed by atoms with Crippen LogP contribution in [0.1, 0.15) is 38.8 Å². The van der Waals surface area contributed by atoms with E-state index in [0.29, 0.717) is 11.3 Å². The van der Waals surface area contributed by atoms with Crippen molar-refractivity contribution >= 4 is 43.5 Å². The van der Waals surface area contributed by atoms with Gasteiger partial charge in [0.25, 0.3) is 10.0 Å². The number of benzene rings is 3. The fourth-order valence-electron chi connectivity index (χ4n) is 3.96. The van der Waals surface area contributed by atoms with Crippen LogP contribution in [-0.4, -0.2) is 43.3 Å². The molecule has 38 heavy (non-hydrogen) atoms. The summed E-state index contributed by atoms with van der Waals surface area (Å²) in [6.45, 7) is 8.71. The smallest absolute Gasteiger partial charge is 0.264 e. The summed E-state index contributed by atoms with van der Waals surface area (Å²) in [7, 11) is -4.08. The SMILES string of the molecule is Cc1ccccc1N(CC(=O)N(Cc1cccc(Br)c1)C(C)C(=O)NC(C)(C)C)S(=O)(=O)c1ccccc1. The first kappa shape index (κ1) is 29.4. The number of carbonyl (C=O) groups excluding carboxylic acids is 2. The molecule has 0 saturated carbocycles. The summed E-state index contributed by atoms with van der Waals surface area (Å²) >= 11 is 3.46. The van der Waals surface area contributed by atoms with E-state index in [1.54, 1.807) is 50.2 Å². The molecule has 9 heteroatoms. The van der Waals surface area contributed by atoms with E-state index in [0.717, 1.165) is 14.3 Å². The van der Waals surface area contributed by atoms with E-state index in [4.69, 9.17) is 0 Å². The van der Waals surface area contributed by atoms with Crippen molar-refractivity contribution in [2.24, 2.45) is 0 Å². The number of halogens is 1. The number of sulfonamides is 1. The fourth-order valence-corrected chi connectivity index (χ4v) is 5.91. The molecular weight excluding hydrogens is 566 g/mol. The second kappa shape index (κ2) is 12.1. The van der Waals surface area contributed by atoms with Crippen molar-refractivity contribution in [1.29, 1.82) is 0 Å². The predicted molar refractivity (Wildman–Crippen MR) is 154 cm³/mol. The van der Waals surface area contributed by atoms with E-state index < -0.39 is 34.1 Å². The molecule has 1 atom stereocenters. The lowest BCUT2D eigenvalue weighted by Crippen LogP contribution is -2.54. The van der Waals surface area contributed by atoms with Crippen LogP contribution in [-0.2, 0) is 26.2 Å². The average molecular weight is 601 g/mol. The maximum atomic E-state index is 13.9. The van der Waals surface area contributed by atoms with Crippen LogP contribution in [0.4, 0.5) is 5.69 Å². The first-order valence-corrected chi connectivity index (χ1v) is 14.5. The molecule has 0 aliphatic heterocycles. The third-order valence-electron chi connectivity index (χ3n) is 5.90. The van der Waals surface area contributed by atoms with Gasteiger partial charge < -0.3 is 10.2 Å². The van der Waals surface area contributed by atoms with Crippen LogP contribution in [0.5, 0.6) is 0 Å². The zero-order chi connectivity index (χ0) is 28.1. The van der Waals surface area contributed by atoms with Gasteiger partial charge in [-0.15, -0.1) is 0 Å². The molecule has 1 unspecified atom stereocenters. The number of hydrogen-bond donors (Lipinski definition) is 1. The highest BCUT2D eigenvalue weighted by atomic mass is 79.9. The Kier molecular flexibility index (Phi) is 9.38. The van der Waals surface area contributed by atoms with Crippen molar-refractivity contribution in [3.05, 3.63) is 94.5 Å². The normalized spacial score (nSPS) is 12.5. The molecule has 1 N–H and O–H groups in total. The van der Waals surface area contributed by atoms with E-state index in [9.17, 15) is 18.0 Å². The maximum absolute atomic E-state index is 13.9. The lowest BCUT2D eigenvalue weighted by molar-refractivity contribution is -0.140. The van der Waals surface area contributed by atoms with Gasteiger partial charge in [-0.25, -0.2) is 8.42 Å². The molecule has 202 valence electrons. The number of para-hydroxylation sites is 1. The van der Waals surface area contributed by atoms with Crippen molar-refractivity contribution in [2.45, 2.75) is 57.6 Å². The molecule has 0 fully saturated rings. The highest BCUT2D eigenvalue weighted by molar-refractivity contribution is 9.10. The Balaban J connectivity index is 2.04. The molecule has 0 aliphatic carbocycles. The molecule has 0 saturated heterocycles. The standard InChI is InChI=1S/C29H34BrN3O4S/c1-21-12-9-10-17-26(21)33(38(36,37)25-15-7-6-8-16-25)20-27(34)32(19-23-13-11-14-24(30)18-23)22(2)28(35)31-29(3,4)5/h6-18,22H,19-20H2,1-5H3,(H,31,35). The number of aryl methyl sites for hydroxylation is 1. The van der Waals surface area contributed by atoms with Gasteiger partial charge in [0.1, 0.15) is 12.6 Å². The molecule has 7 nitrogen and oxygen atoms in total. The first-order valence-electron chi connectivity index (χ1n) is 12.3. The lowest BCUT2D eigenvalue weighted by atomic mass is 10.1. The molecule has 0 aromatic heterocycles. The third-order valence-corrected chi connectivity index (χ3v) is 8.17. The van der Waals surface area contributed by atoms with Gasteiger partial charge in [-0.2, -0.15) is 0 Å². The lowest BCUT2D eigenvalue weighted by Gasteiger charge is -2.33. The van der Waals surface area contributed by atoms with Crippen molar-refractivity contribution in [1.82, 2.24) is 10.2 Å². The second-order valence-corrected chi connectivity index (χ2v) is 13.0. The van der Waals surface area contributed by atoms with Gasteiger partial charge in [-0.1, -0.05) is 64.5 Å². The van der Waals surface area contributed by atoms with Crippen molar-refractivity contribution in [3.63, 3.8) is 0 Å². The van der Waals surface area contributed by atoms with Crippen LogP contribution in [0, 0.1) is 6.92 Å². The summed E-state index contributed by atoms with van der Waals surface area (Å²) in [5.74, 6) is -0.821. The molecule has 3 rings (SSSR count). The summed E-state index contributed by atoms with van der Waals surface area (Å²) in [5, 5.41) is 2.93. The van der Waals surface area contributed by atoms with Gasteiger partial charge in [-0.3, -0.25) is 13.9 Å². The molecule has 0 heterocycles. The van der Waals surface area contributed by atoms with E-state index in [2.05, 4.69) is 21.2 Å². The number of nitrogens with one attached hydrogen (secondary N) is 1. The highest BCUT2D eigenvalue weighted by Crippen LogP contribution is 2.27. The summed E-state index contributed by atoms with van der Waals surface area (Å²) in [4.78, 5) is 28.6. The van der Waals surface area contributed by atoms with Gasteiger partial charge >= 0.3 is 0 Å². The number of rotatable bonds is 9. The second-order valence-electron chi connectivity index (χ2n) is 10.2. The largest absolute Gasteiger partial charge is 0.350 e. The average Bonchev–Trinajstić information content (AvgIpc) is 2.85. The molecule has 0 radical (unpaired) electrons. The Labute approximate surface area is 234 Å². The Hall–Kier alpha value is -3.17. The molecule has 0 aliphatic rings. The quantitative estimate of drug-likeness (QED) is 0.362. The van der Waals surface area contributed by atoms with Crippen LogP contribution in [0.2, 0.25) is 0 Å². The third kappa shape index (κ3) is 7.45. The molecule has 3 aromatic rings. The van der Waals surface area contributed by atoms with Crippen LogP contribution in [0.15, 0.2) is 88.2 Å². The monoisotopic (exact) mass is 599 g/mol. The van der Waals surface area contributed by atoms with Gasteiger partial charge in [0.2, 0.25) is 11.8 Å². The van der Waals surface area contributed by atoms with Crippen molar-refractivity contribution in [3.8, 4) is 0 Å². The topological polar surface area (TPSA) is 86.8 Å². The van der Waals surface area contributed by atoms with Crippen LogP contribution in [0.25, 0.3) is 0 Å². The fraction of sp³-hybridized carbons (Fsp3) is 0.310. The van der Waals surface area contributed by atoms with Gasteiger partial charge in [-0.05, 0) is 76.1 Å². The number of carbonyl (C=O) groups is 2. The molecular formula is C29H34BrN3O4S. The summed E-state index contributed by atoms with van der Waals surface area (Å²) in [6, 6.07) is 21.7. The first-order chi connectivity index (χ1) is 17.8. The predicted octanol–water partition coefficient (Wildman–Crippen LogP) is 5.28. The molecule has 0 spiro atoms. The summed E-state index contributed by atoms with van der Waals surface area (Å²) in [6.07, 6.45) is 0. The number of hydrogen-bond acceptors (Lipinski definition) is 4. The van der Waals surface area contributed by atoms with E-state index in [-0.39, 0.29) is 17.3 Å². The molecule has 2 amide bonds. The van der Waals surface area contributed by atoms with Crippen molar-refractivity contribution in [2.75, 3.05) is 10.8 Å². The minimum atomic E-state index is -4.08. The highest BCUT2D eigenvalue weighted by Gasteiger charge is 2.33. The molecule has 0 bridgehead atoms. The van der Waals surface area contributed by atoms with E-state index in [1.165, 1.54) is 17.0 Å².